The van der Waals surface area contributed by atoms with E-state index in [0.717, 1.165) is 18.6 Å². The number of hydrogen-bond acceptors (Lipinski definition) is 6. The third-order valence-electron chi connectivity index (χ3n) is 5.81. The van der Waals surface area contributed by atoms with Crippen LogP contribution in [0.4, 0.5) is 18.9 Å². The third kappa shape index (κ3) is 7.61. The smallest absolute Gasteiger partial charge is 0.418 e. The number of halogens is 3. The van der Waals surface area contributed by atoms with Gasteiger partial charge in [0, 0.05) is 13.1 Å². The van der Waals surface area contributed by atoms with E-state index in [1.165, 1.54) is 37.4 Å². The topological polar surface area (TPSA) is 94.2 Å². The molecule has 0 spiro atoms. The Balaban J connectivity index is 1.57. The van der Waals surface area contributed by atoms with Crippen LogP contribution in [0.25, 0.3) is 0 Å². The number of anilines is 1. The van der Waals surface area contributed by atoms with Crippen LogP contribution in [0.5, 0.6) is 11.5 Å². The number of alkyl halides is 3. The van der Waals surface area contributed by atoms with Gasteiger partial charge in [0.15, 0.2) is 24.7 Å². The molecule has 0 saturated carbocycles. The molecule has 37 heavy (non-hydrogen) atoms. The van der Waals surface area contributed by atoms with E-state index in [1.54, 1.807) is 4.90 Å². The van der Waals surface area contributed by atoms with Gasteiger partial charge in [0.1, 0.15) is 0 Å². The van der Waals surface area contributed by atoms with Crippen LogP contribution in [0.3, 0.4) is 0 Å². The number of nitrogens with one attached hydrogen (secondary N) is 1. The van der Waals surface area contributed by atoms with Crippen LogP contribution in [0.15, 0.2) is 42.5 Å². The zero-order valence-corrected chi connectivity index (χ0v) is 20.8. The number of carbonyl (C=O) groups excluding carboxylic acids is 3. The van der Waals surface area contributed by atoms with Crippen LogP contribution in [-0.2, 0) is 20.5 Å². The van der Waals surface area contributed by atoms with Gasteiger partial charge in [-0.15, -0.1) is 0 Å². The number of nitrogens with zero attached hydrogens (tertiary/aromatic N) is 1. The Morgan fingerprint density at radius 3 is 2.32 bits per heavy atom. The Morgan fingerprint density at radius 2 is 1.68 bits per heavy atom. The Kier molecular flexibility index (Phi) is 9.01. The molecule has 11 heteroatoms. The van der Waals surface area contributed by atoms with Crippen LogP contribution in [0, 0.1) is 11.8 Å². The number of hydrogen-bond donors (Lipinski definition) is 1. The second-order valence-corrected chi connectivity index (χ2v) is 9.07. The summed E-state index contributed by atoms with van der Waals surface area (Å²) in [4.78, 5) is 38.8. The second-order valence-electron chi connectivity index (χ2n) is 9.07. The number of benzene rings is 2. The fourth-order valence-electron chi connectivity index (χ4n) is 4.25. The molecule has 3 rings (SSSR count). The molecule has 1 aliphatic heterocycles. The minimum Gasteiger partial charge on any atom is -0.493 e. The number of para-hydroxylation sites is 1. The molecular weight excluding hydrogens is 493 g/mol. The molecule has 1 N–H and O–H groups in total. The van der Waals surface area contributed by atoms with Gasteiger partial charge in [-0.2, -0.15) is 13.2 Å². The summed E-state index contributed by atoms with van der Waals surface area (Å²) in [6, 6.07) is 8.64. The summed E-state index contributed by atoms with van der Waals surface area (Å²) < 4.78 is 55.1. The van der Waals surface area contributed by atoms with Crippen molar-refractivity contribution in [2.24, 2.45) is 11.8 Å². The molecule has 0 bridgehead atoms. The van der Waals surface area contributed by atoms with Crippen LogP contribution in [0.2, 0.25) is 0 Å². The lowest BCUT2D eigenvalue weighted by Gasteiger charge is -2.34. The molecule has 0 aliphatic carbocycles. The number of likely N-dealkylation sites (tertiary alicyclic amines) is 1. The first-order valence-electron chi connectivity index (χ1n) is 11.7. The van der Waals surface area contributed by atoms with Gasteiger partial charge in [-0.05, 0) is 48.6 Å². The van der Waals surface area contributed by atoms with Crippen molar-refractivity contribution in [1.29, 1.82) is 0 Å². The Labute approximate surface area is 212 Å². The summed E-state index contributed by atoms with van der Waals surface area (Å²) in [7, 11) is 1.32. The zero-order chi connectivity index (χ0) is 27.2. The Hall–Kier alpha value is -3.76. The normalized spacial score (nSPS) is 17.6. The molecule has 1 aliphatic rings. The van der Waals surface area contributed by atoms with E-state index in [1.807, 2.05) is 0 Å². The highest BCUT2D eigenvalue weighted by molar-refractivity contribution is 5.93. The Morgan fingerprint density at radius 1 is 1.00 bits per heavy atom. The molecular formula is C26H29F3N2O6. The Bertz CT molecular complexity index is 1130. The molecule has 0 unspecified atom stereocenters. The molecule has 2 aromatic rings. The van der Waals surface area contributed by atoms with Gasteiger partial charge >= 0.3 is 12.1 Å². The number of carbonyl (C=O) groups is 3. The van der Waals surface area contributed by atoms with Gasteiger partial charge in [-0.25, -0.2) is 4.79 Å². The summed E-state index contributed by atoms with van der Waals surface area (Å²) in [5, 5.41) is 2.18. The van der Waals surface area contributed by atoms with Crippen molar-refractivity contribution in [3.8, 4) is 11.5 Å². The maximum Gasteiger partial charge on any atom is 0.418 e. The molecule has 1 heterocycles. The molecule has 8 nitrogen and oxygen atoms in total. The summed E-state index contributed by atoms with van der Waals surface area (Å²) in [5.41, 5.74) is -1.27. The number of rotatable bonds is 8. The lowest BCUT2D eigenvalue weighted by atomic mass is 9.92. The van der Waals surface area contributed by atoms with Crippen molar-refractivity contribution in [3.63, 3.8) is 0 Å². The average Bonchev–Trinajstić information content (AvgIpc) is 2.84. The molecule has 2 atom stereocenters. The van der Waals surface area contributed by atoms with Gasteiger partial charge in [0.2, 0.25) is 0 Å². The molecule has 2 aromatic carbocycles. The minimum atomic E-state index is -4.63. The maximum absolute atomic E-state index is 13.1. The van der Waals surface area contributed by atoms with Crippen LogP contribution < -0.4 is 14.8 Å². The van der Waals surface area contributed by atoms with Gasteiger partial charge in [0.05, 0.1) is 23.9 Å². The lowest BCUT2D eigenvalue weighted by molar-refractivity contribution is -0.137. The first kappa shape index (κ1) is 27.8. The fourth-order valence-corrected chi connectivity index (χ4v) is 4.25. The number of ether oxygens (including phenoxy) is 3. The van der Waals surface area contributed by atoms with E-state index >= 15 is 0 Å². The standard InChI is InChI=1S/C26H29F3N2O6/c1-16-10-17(2)13-31(12-16)24(33)15-37-25(34)18-8-9-21(22(11-18)35-3)36-14-23(32)30-20-7-5-4-6-19(20)26(27,28)29/h4-9,11,16-17H,10,12-15H2,1-3H3,(H,30,32)/t16-,17+. The van der Waals surface area contributed by atoms with Crippen molar-refractivity contribution in [2.45, 2.75) is 26.4 Å². The number of piperidine rings is 1. The molecule has 1 saturated heterocycles. The fraction of sp³-hybridized carbons (Fsp3) is 0.423. The van der Waals surface area contributed by atoms with Crippen molar-refractivity contribution in [3.05, 3.63) is 53.6 Å². The van der Waals surface area contributed by atoms with Crippen molar-refractivity contribution in [1.82, 2.24) is 4.90 Å². The van der Waals surface area contributed by atoms with Gasteiger partial charge in [0.25, 0.3) is 11.8 Å². The highest BCUT2D eigenvalue weighted by Crippen LogP contribution is 2.34. The first-order valence-corrected chi connectivity index (χ1v) is 11.7. The van der Waals surface area contributed by atoms with Crippen LogP contribution >= 0.6 is 0 Å². The van der Waals surface area contributed by atoms with Crippen molar-refractivity contribution >= 4 is 23.5 Å². The van der Waals surface area contributed by atoms with Gasteiger partial charge in [-0.1, -0.05) is 26.0 Å². The maximum atomic E-state index is 13.1. The summed E-state index contributed by atoms with van der Waals surface area (Å²) in [5.74, 6) is -0.881. The third-order valence-corrected chi connectivity index (χ3v) is 5.81. The summed E-state index contributed by atoms with van der Waals surface area (Å²) >= 11 is 0. The van der Waals surface area contributed by atoms with E-state index in [9.17, 15) is 27.6 Å². The average molecular weight is 523 g/mol. The lowest BCUT2D eigenvalue weighted by Crippen LogP contribution is -2.44. The second kappa shape index (κ2) is 12.0. The van der Waals surface area contributed by atoms with E-state index in [2.05, 4.69) is 19.2 Å². The van der Waals surface area contributed by atoms with Crippen LogP contribution in [0.1, 0.15) is 36.2 Å². The number of methoxy groups -OCH3 is 1. The largest absolute Gasteiger partial charge is 0.493 e. The quantitative estimate of drug-likeness (QED) is 0.517. The SMILES string of the molecule is COc1cc(C(=O)OCC(=O)N2C[C@H](C)C[C@H](C)C2)ccc1OCC(=O)Nc1ccccc1C(F)(F)F. The van der Waals surface area contributed by atoms with Crippen molar-refractivity contribution in [2.75, 3.05) is 38.7 Å². The predicted octanol–water partition coefficient (Wildman–Crippen LogP) is 4.39. The highest BCUT2D eigenvalue weighted by Gasteiger charge is 2.33. The van der Waals surface area contributed by atoms with E-state index in [0.29, 0.717) is 24.9 Å². The van der Waals surface area contributed by atoms with E-state index in [-0.39, 0.29) is 23.0 Å². The highest BCUT2D eigenvalue weighted by atomic mass is 19.4. The van der Waals surface area contributed by atoms with Gasteiger partial charge in [-0.3, -0.25) is 9.59 Å². The first-order chi connectivity index (χ1) is 17.5. The predicted molar refractivity (Wildman–Crippen MR) is 128 cm³/mol. The van der Waals surface area contributed by atoms with Crippen molar-refractivity contribution < 1.29 is 41.8 Å². The van der Waals surface area contributed by atoms with Gasteiger partial charge < -0.3 is 24.4 Å². The number of esters is 1. The van der Waals surface area contributed by atoms with E-state index < -0.39 is 42.5 Å². The molecule has 0 aromatic heterocycles. The molecule has 200 valence electrons. The van der Waals surface area contributed by atoms with Crippen LogP contribution in [-0.4, -0.2) is 56.1 Å². The minimum absolute atomic E-state index is 0.0886. The van der Waals surface area contributed by atoms with E-state index in [4.69, 9.17) is 14.2 Å². The monoisotopic (exact) mass is 522 g/mol. The summed E-state index contributed by atoms with van der Waals surface area (Å²) in [6.07, 6.45) is -3.59. The molecule has 0 radical (unpaired) electrons. The molecule has 1 fully saturated rings. The molecule has 2 amide bonds. The summed E-state index contributed by atoms with van der Waals surface area (Å²) in [6.45, 7) is 4.39. The zero-order valence-electron chi connectivity index (χ0n) is 20.8. The number of amides is 2.